The van der Waals surface area contributed by atoms with Crippen LogP contribution in [0.3, 0.4) is 0 Å². The molecule has 0 atom stereocenters. The average Bonchev–Trinajstić information content (AvgIpc) is 2.40. The normalized spacial score (nSPS) is 10.8. The lowest BCUT2D eigenvalue weighted by Gasteiger charge is -2.09. The highest BCUT2D eigenvalue weighted by molar-refractivity contribution is 9.10. The fourth-order valence-electron chi connectivity index (χ4n) is 1.56. The Kier molecular flexibility index (Phi) is 4.82. The van der Waals surface area contributed by atoms with Crippen LogP contribution >= 0.6 is 27.5 Å². The third-order valence-electron chi connectivity index (χ3n) is 2.48. The van der Waals surface area contributed by atoms with E-state index in [4.69, 9.17) is 21.5 Å². The molecule has 5 heteroatoms. The van der Waals surface area contributed by atoms with Crippen molar-refractivity contribution in [1.82, 2.24) is 0 Å². The molecule has 0 fully saturated rings. The SMILES string of the molecule is O/N=C\c1cc(Cl)ccc1OCc1ccc(Br)cc1. The number of rotatable bonds is 4. The van der Waals surface area contributed by atoms with Crippen LogP contribution in [-0.2, 0) is 6.61 Å². The summed E-state index contributed by atoms with van der Waals surface area (Å²) in [5.74, 6) is 0.616. The molecule has 0 bridgehead atoms. The maximum atomic E-state index is 8.62. The van der Waals surface area contributed by atoms with Gasteiger partial charge in [-0.1, -0.05) is 44.8 Å². The summed E-state index contributed by atoms with van der Waals surface area (Å²) in [4.78, 5) is 0. The van der Waals surface area contributed by atoms with E-state index in [9.17, 15) is 0 Å². The first-order valence-electron chi connectivity index (χ1n) is 5.53. The minimum atomic E-state index is 0.432. The molecule has 0 heterocycles. The van der Waals surface area contributed by atoms with Crippen LogP contribution in [0.2, 0.25) is 5.02 Å². The average molecular weight is 341 g/mol. The molecule has 0 unspecified atom stereocenters. The molecule has 19 heavy (non-hydrogen) atoms. The highest BCUT2D eigenvalue weighted by atomic mass is 79.9. The van der Waals surface area contributed by atoms with Crippen molar-refractivity contribution in [2.45, 2.75) is 6.61 Å². The zero-order valence-corrected chi connectivity index (χ0v) is 12.2. The zero-order chi connectivity index (χ0) is 13.7. The van der Waals surface area contributed by atoms with Crippen LogP contribution in [0.4, 0.5) is 0 Å². The van der Waals surface area contributed by atoms with Crippen molar-refractivity contribution in [3.05, 3.63) is 63.1 Å². The van der Waals surface area contributed by atoms with Gasteiger partial charge in [0.2, 0.25) is 0 Å². The van der Waals surface area contributed by atoms with Gasteiger partial charge in [0.25, 0.3) is 0 Å². The lowest BCUT2D eigenvalue weighted by atomic mass is 10.2. The van der Waals surface area contributed by atoms with Gasteiger partial charge in [-0.3, -0.25) is 0 Å². The topological polar surface area (TPSA) is 41.8 Å². The van der Waals surface area contributed by atoms with Gasteiger partial charge in [0.1, 0.15) is 12.4 Å². The molecule has 0 aliphatic carbocycles. The predicted octanol–water partition coefficient (Wildman–Crippen LogP) is 4.49. The smallest absolute Gasteiger partial charge is 0.128 e. The van der Waals surface area contributed by atoms with E-state index >= 15 is 0 Å². The van der Waals surface area contributed by atoms with Gasteiger partial charge in [0.15, 0.2) is 0 Å². The van der Waals surface area contributed by atoms with Gasteiger partial charge in [-0.25, -0.2) is 0 Å². The minimum Gasteiger partial charge on any atom is -0.488 e. The van der Waals surface area contributed by atoms with Gasteiger partial charge >= 0.3 is 0 Å². The van der Waals surface area contributed by atoms with E-state index < -0.39 is 0 Å². The highest BCUT2D eigenvalue weighted by Gasteiger charge is 2.03. The molecule has 0 amide bonds. The van der Waals surface area contributed by atoms with Gasteiger partial charge in [0.05, 0.1) is 6.21 Å². The van der Waals surface area contributed by atoms with Gasteiger partial charge in [-0.2, -0.15) is 0 Å². The van der Waals surface area contributed by atoms with E-state index in [0.717, 1.165) is 10.0 Å². The molecule has 0 spiro atoms. The second-order valence-corrected chi connectivity index (χ2v) is 5.19. The third kappa shape index (κ3) is 3.98. The Balaban J connectivity index is 2.12. The maximum Gasteiger partial charge on any atom is 0.128 e. The van der Waals surface area contributed by atoms with Crippen molar-refractivity contribution < 1.29 is 9.94 Å². The van der Waals surface area contributed by atoms with Crippen LogP contribution < -0.4 is 4.74 Å². The number of ether oxygens (including phenoxy) is 1. The summed E-state index contributed by atoms with van der Waals surface area (Å²) >= 11 is 9.26. The molecule has 98 valence electrons. The van der Waals surface area contributed by atoms with Crippen molar-refractivity contribution in [3.8, 4) is 5.75 Å². The summed E-state index contributed by atoms with van der Waals surface area (Å²) in [6, 6.07) is 13.0. The van der Waals surface area contributed by atoms with Crippen LogP contribution in [0.5, 0.6) is 5.75 Å². The predicted molar refractivity (Wildman–Crippen MR) is 79.3 cm³/mol. The Labute approximate surface area is 124 Å². The second kappa shape index (κ2) is 6.59. The van der Waals surface area contributed by atoms with Crippen molar-refractivity contribution >= 4 is 33.7 Å². The van der Waals surface area contributed by atoms with E-state index in [1.54, 1.807) is 18.2 Å². The van der Waals surface area contributed by atoms with Gasteiger partial charge < -0.3 is 9.94 Å². The Bertz CT molecular complexity index is 584. The summed E-state index contributed by atoms with van der Waals surface area (Å²) in [6.45, 7) is 0.432. The molecule has 0 saturated heterocycles. The fourth-order valence-corrected chi connectivity index (χ4v) is 2.00. The van der Waals surface area contributed by atoms with Crippen molar-refractivity contribution in [1.29, 1.82) is 0 Å². The van der Waals surface area contributed by atoms with Gasteiger partial charge in [-0.15, -0.1) is 0 Å². The van der Waals surface area contributed by atoms with Crippen molar-refractivity contribution in [2.75, 3.05) is 0 Å². The standard InChI is InChI=1S/C14H11BrClNO2/c15-12-3-1-10(2-4-12)9-19-14-6-5-13(16)7-11(14)8-17-18/h1-8,18H,9H2/b17-8-. The van der Waals surface area contributed by atoms with E-state index in [-0.39, 0.29) is 0 Å². The molecule has 2 rings (SSSR count). The molecule has 2 aromatic carbocycles. The van der Waals surface area contributed by atoms with Crippen LogP contribution in [-0.4, -0.2) is 11.4 Å². The molecule has 0 aliphatic heterocycles. The Hall–Kier alpha value is -1.52. The van der Waals surface area contributed by atoms with Crippen molar-refractivity contribution in [2.24, 2.45) is 5.16 Å². The Morgan fingerprint density at radius 3 is 2.63 bits per heavy atom. The molecule has 0 aromatic heterocycles. The summed E-state index contributed by atoms with van der Waals surface area (Å²) in [5, 5.41) is 12.2. The molecular formula is C14H11BrClNO2. The quantitative estimate of drug-likeness (QED) is 0.506. The van der Waals surface area contributed by atoms with E-state index in [1.165, 1.54) is 6.21 Å². The largest absolute Gasteiger partial charge is 0.488 e. The summed E-state index contributed by atoms with van der Waals surface area (Å²) in [5.41, 5.74) is 1.68. The number of nitrogens with zero attached hydrogens (tertiary/aromatic N) is 1. The number of oxime groups is 1. The lowest BCUT2D eigenvalue weighted by molar-refractivity contribution is 0.304. The first kappa shape index (κ1) is 13.9. The Morgan fingerprint density at radius 1 is 1.21 bits per heavy atom. The summed E-state index contributed by atoms with van der Waals surface area (Å²) in [7, 11) is 0. The minimum absolute atomic E-state index is 0.432. The molecule has 0 radical (unpaired) electrons. The number of hydrogen-bond donors (Lipinski definition) is 1. The number of benzene rings is 2. The van der Waals surface area contributed by atoms with Crippen LogP contribution in [0.25, 0.3) is 0 Å². The van der Waals surface area contributed by atoms with E-state index in [2.05, 4.69) is 21.1 Å². The van der Waals surface area contributed by atoms with Crippen molar-refractivity contribution in [3.63, 3.8) is 0 Å². The first-order chi connectivity index (χ1) is 9.19. The molecular weight excluding hydrogens is 330 g/mol. The molecule has 0 saturated carbocycles. The number of hydrogen-bond acceptors (Lipinski definition) is 3. The molecule has 2 aromatic rings. The Morgan fingerprint density at radius 2 is 1.95 bits per heavy atom. The second-order valence-electron chi connectivity index (χ2n) is 3.84. The zero-order valence-electron chi connectivity index (χ0n) is 9.88. The van der Waals surface area contributed by atoms with Crippen LogP contribution in [0, 0.1) is 0 Å². The summed E-state index contributed by atoms with van der Waals surface area (Å²) in [6.07, 6.45) is 1.29. The fraction of sp³-hybridized carbons (Fsp3) is 0.0714. The van der Waals surface area contributed by atoms with Gasteiger partial charge in [0, 0.05) is 15.1 Å². The first-order valence-corrected chi connectivity index (χ1v) is 6.70. The summed E-state index contributed by atoms with van der Waals surface area (Å²) < 4.78 is 6.72. The van der Waals surface area contributed by atoms with Crippen LogP contribution in [0.15, 0.2) is 52.1 Å². The van der Waals surface area contributed by atoms with Crippen LogP contribution in [0.1, 0.15) is 11.1 Å². The third-order valence-corrected chi connectivity index (χ3v) is 3.24. The van der Waals surface area contributed by atoms with E-state index in [0.29, 0.717) is 22.9 Å². The highest BCUT2D eigenvalue weighted by Crippen LogP contribution is 2.22. The lowest BCUT2D eigenvalue weighted by Crippen LogP contribution is -1.98. The number of halogens is 2. The monoisotopic (exact) mass is 339 g/mol. The maximum absolute atomic E-state index is 8.62. The van der Waals surface area contributed by atoms with E-state index in [1.807, 2.05) is 24.3 Å². The van der Waals surface area contributed by atoms with Gasteiger partial charge in [-0.05, 0) is 35.9 Å². The molecule has 1 N–H and O–H groups in total. The molecule has 3 nitrogen and oxygen atoms in total. The molecule has 0 aliphatic rings.